The second-order valence-corrected chi connectivity index (χ2v) is 5.11. The lowest BCUT2D eigenvalue weighted by atomic mass is 10.0. The van der Waals surface area contributed by atoms with Crippen molar-refractivity contribution in [3.8, 4) is 0 Å². The zero-order valence-electron chi connectivity index (χ0n) is 9.99. The second kappa shape index (κ2) is 5.59. The first kappa shape index (κ1) is 13.2. The zero-order chi connectivity index (χ0) is 13.1. The summed E-state index contributed by atoms with van der Waals surface area (Å²) in [4.78, 5) is 0.877. The molecule has 0 aliphatic rings. The standard InChI is InChI=1S/C14H14F2OS/c1-2-10-3-4-18-14(10)13(17)7-9-5-11(15)8-12(16)6-9/h3-6,8,13,17H,2,7H2,1H3. The SMILES string of the molecule is CCc1ccsc1C(O)Cc1cc(F)cc(F)c1. The van der Waals surface area contributed by atoms with Gasteiger partial charge in [-0.15, -0.1) is 11.3 Å². The van der Waals surface area contributed by atoms with E-state index in [2.05, 4.69) is 0 Å². The largest absolute Gasteiger partial charge is 0.387 e. The lowest BCUT2D eigenvalue weighted by Crippen LogP contribution is -2.03. The predicted molar refractivity (Wildman–Crippen MR) is 68.7 cm³/mol. The lowest BCUT2D eigenvalue weighted by molar-refractivity contribution is 0.181. The Morgan fingerprint density at radius 3 is 2.50 bits per heavy atom. The summed E-state index contributed by atoms with van der Waals surface area (Å²) >= 11 is 1.47. The highest BCUT2D eigenvalue weighted by Crippen LogP contribution is 2.28. The van der Waals surface area contributed by atoms with Gasteiger partial charge in [0.05, 0.1) is 6.10 Å². The average molecular weight is 268 g/mol. The fraction of sp³-hybridized carbons (Fsp3) is 0.286. The Balaban J connectivity index is 2.18. The van der Waals surface area contributed by atoms with Crippen LogP contribution in [0.15, 0.2) is 29.6 Å². The maximum absolute atomic E-state index is 13.0. The molecule has 0 bridgehead atoms. The first-order valence-corrected chi connectivity index (χ1v) is 6.67. The van der Waals surface area contributed by atoms with Crippen molar-refractivity contribution >= 4 is 11.3 Å². The molecule has 0 aliphatic carbocycles. The van der Waals surface area contributed by atoms with E-state index in [1.807, 2.05) is 18.4 Å². The first-order chi connectivity index (χ1) is 8.60. The molecule has 0 saturated heterocycles. The van der Waals surface area contributed by atoms with Crippen molar-refractivity contribution in [3.05, 3.63) is 57.3 Å². The summed E-state index contributed by atoms with van der Waals surface area (Å²) in [5, 5.41) is 12.0. The Labute approximate surface area is 109 Å². The maximum atomic E-state index is 13.0. The number of hydrogen-bond acceptors (Lipinski definition) is 2. The van der Waals surface area contributed by atoms with Gasteiger partial charge in [0.2, 0.25) is 0 Å². The molecule has 0 saturated carbocycles. The van der Waals surface area contributed by atoms with Crippen LogP contribution in [-0.2, 0) is 12.8 Å². The van der Waals surface area contributed by atoms with Crippen molar-refractivity contribution in [3.63, 3.8) is 0 Å². The molecule has 0 spiro atoms. The van der Waals surface area contributed by atoms with Crippen LogP contribution < -0.4 is 0 Å². The van der Waals surface area contributed by atoms with Crippen LogP contribution in [0.4, 0.5) is 8.78 Å². The van der Waals surface area contributed by atoms with Crippen molar-refractivity contribution < 1.29 is 13.9 Å². The summed E-state index contributed by atoms with van der Waals surface area (Å²) in [6.45, 7) is 2.01. The molecule has 4 heteroatoms. The molecule has 1 aromatic carbocycles. The third-order valence-electron chi connectivity index (χ3n) is 2.82. The van der Waals surface area contributed by atoms with Crippen LogP contribution in [-0.4, -0.2) is 5.11 Å². The molecule has 0 amide bonds. The molecule has 1 heterocycles. The molecule has 96 valence electrons. The van der Waals surface area contributed by atoms with Crippen molar-refractivity contribution in [2.45, 2.75) is 25.9 Å². The summed E-state index contributed by atoms with van der Waals surface area (Å²) in [6, 6.07) is 5.31. The number of halogens is 2. The van der Waals surface area contributed by atoms with Gasteiger partial charge in [-0.2, -0.15) is 0 Å². The molecular weight excluding hydrogens is 254 g/mol. The summed E-state index contributed by atoms with van der Waals surface area (Å²) in [5.74, 6) is -1.22. The minimum absolute atomic E-state index is 0.224. The number of rotatable bonds is 4. The van der Waals surface area contributed by atoms with Gasteiger partial charge >= 0.3 is 0 Å². The molecule has 1 unspecified atom stereocenters. The minimum atomic E-state index is -0.707. The summed E-state index contributed by atoms with van der Waals surface area (Å²) in [5.41, 5.74) is 1.56. The van der Waals surface area contributed by atoms with Gasteiger partial charge in [-0.3, -0.25) is 0 Å². The molecule has 0 radical (unpaired) electrons. The van der Waals surface area contributed by atoms with E-state index in [1.54, 1.807) is 0 Å². The molecule has 2 rings (SSSR count). The number of aliphatic hydroxyl groups is 1. The molecule has 0 aliphatic heterocycles. The summed E-state index contributed by atoms with van der Waals surface area (Å²) < 4.78 is 26.1. The van der Waals surface area contributed by atoms with E-state index in [1.165, 1.54) is 23.5 Å². The van der Waals surface area contributed by atoms with Crippen LogP contribution in [0.25, 0.3) is 0 Å². The van der Waals surface area contributed by atoms with Gasteiger partial charge in [-0.25, -0.2) is 8.78 Å². The topological polar surface area (TPSA) is 20.2 Å². The molecule has 1 N–H and O–H groups in total. The van der Waals surface area contributed by atoms with Crippen LogP contribution in [0.5, 0.6) is 0 Å². The molecule has 1 aromatic heterocycles. The molecular formula is C14H14F2OS. The number of hydrogen-bond donors (Lipinski definition) is 1. The van der Waals surface area contributed by atoms with Gasteiger partial charge in [-0.05, 0) is 41.1 Å². The first-order valence-electron chi connectivity index (χ1n) is 5.79. The van der Waals surface area contributed by atoms with Gasteiger partial charge in [0.1, 0.15) is 11.6 Å². The monoisotopic (exact) mass is 268 g/mol. The Morgan fingerprint density at radius 1 is 1.22 bits per heavy atom. The van der Waals surface area contributed by atoms with Crippen LogP contribution >= 0.6 is 11.3 Å². The highest BCUT2D eigenvalue weighted by molar-refractivity contribution is 7.10. The van der Waals surface area contributed by atoms with Gasteiger partial charge in [-0.1, -0.05) is 6.92 Å². The Bertz CT molecular complexity index is 516. The van der Waals surface area contributed by atoms with Gasteiger partial charge in [0.25, 0.3) is 0 Å². The lowest BCUT2D eigenvalue weighted by Gasteiger charge is -2.11. The van der Waals surface area contributed by atoms with E-state index in [9.17, 15) is 13.9 Å². The van der Waals surface area contributed by atoms with Crippen molar-refractivity contribution in [2.24, 2.45) is 0 Å². The van der Waals surface area contributed by atoms with Gasteiger partial charge in [0, 0.05) is 17.4 Å². The van der Waals surface area contributed by atoms with Gasteiger partial charge in [0.15, 0.2) is 0 Å². The van der Waals surface area contributed by atoms with E-state index in [0.717, 1.165) is 22.9 Å². The second-order valence-electron chi connectivity index (χ2n) is 4.16. The summed E-state index contributed by atoms with van der Waals surface area (Å²) in [7, 11) is 0. The average Bonchev–Trinajstić information content (AvgIpc) is 2.75. The van der Waals surface area contributed by atoms with Crippen LogP contribution in [0, 0.1) is 11.6 Å². The van der Waals surface area contributed by atoms with Crippen molar-refractivity contribution in [2.75, 3.05) is 0 Å². The Hall–Kier alpha value is -1.26. The highest BCUT2D eigenvalue weighted by Gasteiger charge is 2.14. The van der Waals surface area contributed by atoms with Crippen LogP contribution in [0.2, 0.25) is 0 Å². The quantitative estimate of drug-likeness (QED) is 0.892. The summed E-state index contributed by atoms with van der Waals surface area (Å²) in [6.07, 6.45) is 0.358. The Kier molecular flexibility index (Phi) is 4.09. The van der Waals surface area contributed by atoms with E-state index in [-0.39, 0.29) is 6.42 Å². The van der Waals surface area contributed by atoms with Gasteiger partial charge < -0.3 is 5.11 Å². The molecule has 1 nitrogen and oxygen atoms in total. The third kappa shape index (κ3) is 2.94. The Morgan fingerprint density at radius 2 is 1.89 bits per heavy atom. The normalized spacial score (nSPS) is 12.7. The maximum Gasteiger partial charge on any atom is 0.126 e. The number of thiophene rings is 1. The number of benzene rings is 1. The third-order valence-corrected chi connectivity index (χ3v) is 3.88. The van der Waals surface area contributed by atoms with Crippen LogP contribution in [0.1, 0.15) is 29.0 Å². The molecule has 2 aromatic rings. The molecule has 18 heavy (non-hydrogen) atoms. The van der Waals surface area contributed by atoms with E-state index in [0.29, 0.717) is 5.56 Å². The molecule has 1 atom stereocenters. The molecule has 0 fully saturated rings. The fourth-order valence-electron chi connectivity index (χ4n) is 1.98. The minimum Gasteiger partial charge on any atom is -0.387 e. The number of aliphatic hydroxyl groups excluding tert-OH is 1. The smallest absolute Gasteiger partial charge is 0.126 e. The fourth-order valence-corrected chi connectivity index (χ4v) is 2.96. The van der Waals surface area contributed by atoms with Crippen molar-refractivity contribution in [1.29, 1.82) is 0 Å². The number of aryl methyl sites for hydroxylation is 1. The van der Waals surface area contributed by atoms with Crippen LogP contribution in [0.3, 0.4) is 0 Å². The van der Waals surface area contributed by atoms with E-state index in [4.69, 9.17) is 0 Å². The van der Waals surface area contributed by atoms with Crippen molar-refractivity contribution in [1.82, 2.24) is 0 Å². The zero-order valence-corrected chi connectivity index (χ0v) is 10.8. The van der Waals surface area contributed by atoms with E-state index < -0.39 is 17.7 Å². The highest BCUT2D eigenvalue weighted by atomic mass is 32.1. The predicted octanol–water partition coefficient (Wildman–Crippen LogP) is 3.86. The van der Waals surface area contributed by atoms with E-state index >= 15 is 0 Å².